The first-order valence-corrected chi connectivity index (χ1v) is 9.17. The lowest BCUT2D eigenvalue weighted by atomic mass is 10.0. The van der Waals surface area contributed by atoms with Crippen molar-refractivity contribution in [2.75, 3.05) is 19.0 Å². The zero-order chi connectivity index (χ0) is 22.1. The summed E-state index contributed by atoms with van der Waals surface area (Å²) in [5.41, 5.74) is 1.74. The van der Waals surface area contributed by atoms with Gasteiger partial charge in [0, 0.05) is 44.4 Å². The first-order chi connectivity index (χ1) is 14.1. The number of aromatic nitrogens is 4. The van der Waals surface area contributed by atoms with Gasteiger partial charge in [0.05, 0.1) is 29.4 Å². The van der Waals surface area contributed by atoms with Gasteiger partial charge >= 0.3 is 5.92 Å². The van der Waals surface area contributed by atoms with E-state index in [0.29, 0.717) is 34.9 Å². The van der Waals surface area contributed by atoms with Crippen molar-refractivity contribution in [3.8, 4) is 6.07 Å². The highest BCUT2D eigenvalue weighted by molar-refractivity contribution is 5.83. The molecule has 30 heavy (non-hydrogen) atoms. The average Bonchev–Trinajstić information content (AvgIpc) is 3.10. The van der Waals surface area contributed by atoms with Gasteiger partial charge in [-0.25, -0.2) is 9.97 Å². The number of hydrogen-bond acceptors (Lipinski definition) is 6. The Hall–Kier alpha value is -3.61. The van der Waals surface area contributed by atoms with Crippen LogP contribution in [0.5, 0.6) is 0 Å². The van der Waals surface area contributed by atoms with Crippen LogP contribution < -0.4 is 10.2 Å². The summed E-state index contributed by atoms with van der Waals surface area (Å²) in [4.78, 5) is 22.2. The van der Waals surface area contributed by atoms with Crippen molar-refractivity contribution in [1.82, 2.24) is 25.1 Å². The third-order valence-corrected chi connectivity index (χ3v) is 4.62. The van der Waals surface area contributed by atoms with Crippen molar-refractivity contribution in [3.63, 3.8) is 0 Å². The van der Waals surface area contributed by atoms with Crippen molar-refractivity contribution in [1.29, 1.82) is 5.26 Å². The highest BCUT2D eigenvalue weighted by Gasteiger charge is 2.35. The van der Waals surface area contributed by atoms with Crippen LogP contribution in [0.1, 0.15) is 31.0 Å². The van der Waals surface area contributed by atoms with Gasteiger partial charge in [0.15, 0.2) is 0 Å². The SMILES string of the molecule is C[C@H](NC(=O)C(C)(F)F)[C@H](c1cnc(N(C)C)nc1)n1ncc2cc(C#N)ccc21. The average molecular weight is 413 g/mol. The number of nitrogens with one attached hydrogen (secondary N) is 1. The van der Waals surface area contributed by atoms with Crippen LogP contribution in [0.15, 0.2) is 36.8 Å². The summed E-state index contributed by atoms with van der Waals surface area (Å²) < 4.78 is 28.5. The molecule has 156 valence electrons. The monoisotopic (exact) mass is 413 g/mol. The minimum absolute atomic E-state index is 0.476. The molecule has 1 aromatic carbocycles. The molecule has 2 aromatic heterocycles. The molecule has 0 aliphatic rings. The molecule has 0 saturated heterocycles. The smallest absolute Gasteiger partial charge is 0.321 e. The minimum atomic E-state index is -3.52. The standard InChI is InChI=1S/C20H21F2N7O/c1-12(27-18(30)20(2,21)22)17(15-9-24-19(25-10-15)28(3)4)29-16-6-5-13(8-23)7-14(16)11-26-29/h5-7,9-12,17H,1-4H3,(H,27,30)/t12-,17+/m0/s1. The van der Waals surface area contributed by atoms with E-state index in [4.69, 9.17) is 5.26 Å². The van der Waals surface area contributed by atoms with E-state index in [1.54, 1.807) is 67.4 Å². The molecule has 0 aliphatic carbocycles. The quantitative estimate of drug-likeness (QED) is 0.667. The van der Waals surface area contributed by atoms with E-state index in [2.05, 4.69) is 26.5 Å². The predicted molar refractivity (Wildman–Crippen MR) is 107 cm³/mol. The van der Waals surface area contributed by atoms with E-state index in [9.17, 15) is 13.6 Å². The predicted octanol–water partition coefficient (Wildman–Crippen LogP) is 2.51. The lowest BCUT2D eigenvalue weighted by molar-refractivity contribution is -0.143. The van der Waals surface area contributed by atoms with Gasteiger partial charge < -0.3 is 10.2 Å². The second kappa shape index (κ2) is 8.02. The Bertz CT molecular complexity index is 1100. The molecule has 0 saturated carbocycles. The van der Waals surface area contributed by atoms with Gasteiger partial charge in [-0.2, -0.15) is 19.1 Å². The van der Waals surface area contributed by atoms with Gasteiger partial charge in [-0.1, -0.05) is 0 Å². The zero-order valence-electron chi connectivity index (χ0n) is 17.0. The zero-order valence-corrected chi connectivity index (χ0v) is 17.0. The Morgan fingerprint density at radius 2 is 1.93 bits per heavy atom. The Morgan fingerprint density at radius 1 is 1.27 bits per heavy atom. The Labute approximate surface area is 172 Å². The largest absolute Gasteiger partial charge is 0.347 e. The molecule has 10 heteroatoms. The molecule has 1 N–H and O–H groups in total. The van der Waals surface area contributed by atoms with E-state index in [1.807, 2.05) is 0 Å². The summed E-state index contributed by atoms with van der Waals surface area (Å²) >= 11 is 0. The molecule has 2 atom stereocenters. The second-order valence-electron chi connectivity index (χ2n) is 7.28. The molecule has 0 bridgehead atoms. The second-order valence-corrected chi connectivity index (χ2v) is 7.28. The van der Waals surface area contributed by atoms with Crippen LogP contribution in [-0.4, -0.2) is 51.7 Å². The molecule has 0 spiro atoms. The van der Waals surface area contributed by atoms with Crippen molar-refractivity contribution in [2.45, 2.75) is 31.9 Å². The topological polar surface area (TPSA) is 99.7 Å². The maximum absolute atomic E-state index is 13.5. The fourth-order valence-corrected chi connectivity index (χ4v) is 3.11. The molecular weight excluding hydrogens is 392 g/mol. The summed E-state index contributed by atoms with van der Waals surface area (Å²) in [6, 6.07) is 5.72. The summed E-state index contributed by atoms with van der Waals surface area (Å²) in [6.45, 7) is 2.16. The lowest BCUT2D eigenvalue weighted by Crippen LogP contribution is -2.46. The number of halogens is 2. The first-order valence-electron chi connectivity index (χ1n) is 9.17. The van der Waals surface area contributed by atoms with E-state index >= 15 is 0 Å². The van der Waals surface area contributed by atoms with Crippen LogP contribution in [0.2, 0.25) is 0 Å². The van der Waals surface area contributed by atoms with Crippen LogP contribution in [0.25, 0.3) is 10.9 Å². The number of alkyl halides is 2. The molecule has 0 fully saturated rings. The van der Waals surface area contributed by atoms with E-state index in [0.717, 1.165) is 0 Å². The van der Waals surface area contributed by atoms with Crippen LogP contribution in [0.3, 0.4) is 0 Å². The molecule has 0 radical (unpaired) electrons. The molecule has 3 aromatic rings. The molecule has 0 unspecified atom stereocenters. The van der Waals surface area contributed by atoms with Gasteiger partial charge in [-0.05, 0) is 25.1 Å². The van der Waals surface area contributed by atoms with Gasteiger partial charge in [0.1, 0.15) is 6.04 Å². The van der Waals surface area contributed by atoms with Gasteiger partial charge in [-0.15, -0.1) is 0 Å². The molecule has 0 aliphatic heterocycles. The molecular formula is C20H21F2N7O. The molecule has 8 nitrogen and oxygen atoms in total. The Balaban J connectivity index is 2.08. The summed E-state index contributed by atoms with van der Waals surface area (Å²) in [7, 11) is 3.60. The highest BCUT2D eigenvalue weighted by atomic mass is 19.3. The number of nitriles is 1. The maximum Gasteiger partial charge on any atom is 0.321 e. The number of amides is 1. The number of carbonyl (C=O) groups is 1. The number of anilines is 1. The van der Waals surface area contributed by atoms with Crippen molar-refractivity contribution in [3.05, 3.63) is 47.9 Å². The molecule has 2 heterocycles. The molecule has 3 rings (SSSR count). The number of nitrogens with zero attached hydrogens (tertiary/aromatic N) is 6. The Kier molecular flexibility index (Phi) is 5.64. The number of rotatable bonds is 6. The van der Waals surface area contributed by atoms with Gasteiger partial charge in [0.2, 0.25) is 5.95 Å². The summed E-state index contributed by atoms with van der Waals surface area (Å²) in [5.74, 6) is -4.41. The van der Waals surface area contributed by atoms with E-state index in [-0.39, 0.29) is 0 Å². The van der Waals surface area contributed by atoms with Crippen LogP contribution in [0, 0.1) is 11.3 Å². The fourth-order valence-electron chi connectivity index (χ4n) is 3.11. The summed E-state index contributed by atoms with van der Waals surface area (Å²) in [6.07, 6.45) is 4.75. The molecule has 1 amide bonds. The summed E-state index contributed by atoms with van der Waals surface area (Å²) in [5, 5.41) is 16.6. The number of benzene rings is 1. The highest BCUT2D eigenvalue weighted by Crippen LogP contribution is 2.27. The minimum Gasteiger partial charge on any atom is -0.347 e. The van der Waals surface area contributed by atoms with Crippen LogP contribution >= 0.6 is 0 Å². The lowest BCUT2D eigenvalue weighted by Gasteiger charge is -2.27. The maximum atomic E-state index is 13.5. The van der Waals surface area contributed by atoms with Gasteiger partial charge in [0.25, 0.3) is 5.91 Å². The van der Waals surface area contributed by atoms with Gasteiger partial charge in [-0.3, -0.25) is 9.48 Å². The van der Waals surface area contributed by atoms with Crippen LogP contribution in [0.4, 0.5) is 14.7 Å². The first kappa shape index (κ1) is 21.1. The van der Waals surface area contributed by atoms with Crippen molar-refractivity contribution >= 4 is 22.8 Å². The van der Waals surface area contributed by atoms with E-state index < -0.39 is 23.9 Å². The number of fused-ring (bicyclic) bond motifs is 1. The third-order valence-electron chi connectivity index (χ3n) is 4.62. The van der Waals surface area contributed by atoms with Crippen molar-refractivity contribution < 1.29 is 13.6 Å². The van der Waals surface area contributed by atoms with Crippen LogP contribution in [-0.2, 0) is 4.79 Å². The van der Waals surface area contributed by atoms with E-state index in [1.165, 1.54) is 0 Å². The fraction of sp³-hybridized carbons (Fsp3) is 0.350. The number of carbonyl (C=O) groups excluding carboxylic acids is 1. The third kappa shape index (κ3) is 4.20. The number of hydrogen-bond donors (Lipinski definition) is 1. The Morgan fingerprint density at radius 3 is 2.50 bits per heavy atom. The van der Waals surface area contributed by atoms with Crippen molar-refractivity contribution in [2.24, 2.45) is 0 Å². The normalized spacial score (nSPS) is 13.5.